The van der Waals surface area contributed by atoms with E-state index in [0.717, 1.165) is 68.5 Å². The lowest BCUT2D eigenvalue weighted by atomic mass is 9.76. The van der Waals surface area contributed by atoms with Crippen molar-refractivity contribution in [2.24, 2.45) is 5.41 Å². The second kappa shape index (κ2) is 10.8. The minimum atomic E-state index is -0.0532. The number of carbonyl (C=O) groups is 1. The summed E-state index contributed by atoms with van der Waals surface area (Å²) in [7, 11) is 0. The number of nitrogens with zero attached hydrogens (tertiary/aromatic N) is 5. The first-order valence-electron chi connectivity index (χ1n) is 14.1. The monoisotopic (exact) mass is 526 g/mol. The van der Waals surface area contributed by atoms with Crippen LogP contribution in [0.25, 0.3) is 11.1 Å². The zero-order valence-corrected chi connectivity index (χ0v) is 23.0. The Labute approximate surface area is 231 Å². The van der Waals surface area contributed by atoms with Crippen LogP contribution in [0.3, 0.4) is 0 Å². The van der Waals surface area contributed by atoms with Crippen molar-refractivity contribution < 1.29 is 9.53 Å². The molecule has 39 heavy (non-hydrogen) atoms. The molecule has 1 aliphatic carbocycles. The normalized spacial score (nSPS) is 19.0. The van der Waals surface area contributed by atoms with E-state index in [4.69, 9.17) is 14.7 Å². The van der Waals surface area contributed by atoms with Crippen LogP contribution < -0.4 is 15.1 Å². The molecule has 3 aromatic rings. The van der Waals surface area contributed by atoms with E-state index in [1.165, 1.54) is 16.8 Å². The lowest BCUT2D eigenvalue weighted by Gasteiger charge is -2.39. The molecule has 2 saturated heterocycles. The van der Waals surface area contributed by atoms with Crippen LogP contribution in [0, 0.1) is 5.41 Å². The van der Waals surface area contributed by atoms with Crippen LogP contribution in [-0.4, -0.2) is 73.4 Å². The van der Waals surface area contributed by atoms with E-state index in [1.807, 2.05) is 35.2 Å². The summed E-state index contributed by atoms with van der Waals surface area (Å²) in [6.45, 7) is 10.6. The Morgan fingerprint density at radius 2 is 1.54 bits per heavy atom. The molecule has 1 aromatic heterocycles. The number of morpholine rings is 1. The SMILES string of the molecule is CC1(C)CCc2c(nc(N3CCOCC3)nc2N2CCN(C(=O)Nc3ccc(-c4ccccc4)cc3)CC2)C1. The first kappa shape index (κ1) is 25.6. The number of nitrogens with one attached hydrogen (secondary N) is 1. The van der Waals surface area contributed by atoms with Gasteiger partial charge in [0.1, 0.15) is 5.82 Å². The fourth-order valence-corrected chi connectivity index (χ4v) is 5.78. The van der Waals surface area contributed by atoms with Crippen molar-refractivity contribution in [1.82, 2.24) is 14.9 Å². The van der Waals surface area contributed by atoms with Gasteiger partial charge in [-0.05, 0) is 47.9 Å². The summed E-state index contributed by atoms with van der Waals surface area (Å²) >= 11 is 0. The fourth-order valence-electron chi connectivity index (χ4n) is 5.78. The smallest absolute Gasteiger partial charge is 0.321 e. The van der Waals surface area contributed by atoms with Crippen LogP contribution in [0.15, 0.2) is 54.6 Å². The number of fused-ring (bicyclic) bond motifs is 1. The molecule has 0 saturated carbocycles. The van der Waals surface area contributed by atoms with E-state index in [0.29, 0.717) is 26.3 Å². The Morgan fingerprint density at radius 3 is 2.26 bits per heavy atom. The number of urea groups is 1. The Hall–Kier alpha value is -3.65. The number of aromatic nitrogens is 2. The second-order valence-corrected chi connectivity index (χ2v) is 11.6. The molecule has 3 aliphatic rings. The first-order valence-corrected chi connectivity index (χ1v) is 14.1. The van der Waals surface area contributed by atoms with Gasteiger partial charge in [0.05, 0.1) is 18.9 Å². The van der Waals surface area contributed by atoms with Crippen molar-refractivity contribution in [3.63, 3.8) is 0 Å². The van der Waals surface area contributed by atoms with Gasteiger partial charge in [0.2, 0.25) is 5.95 Å². The van der Waals surface area contributed by atoms with E-state index in [-0.39, 0.29) is 11.4 Å². The maximum absolute atomic E-state index is 13.1. The van der Waals surface area contributed by atoms with E-state index < -0.39 is 0 Å². The molecule has 6 rings (SSSR count). The fraction of sp³-hybridized carbons (Fsp3) is 0.452. The van der Waals surface area contributed by atoms with Crippen LogP contribution in [0.1, 0.15) is 31.5 Å². The largest absolute Gasteiger partial charge is 0.378 e. The van der Waals surface area contributed by atoms with Crippen LogP contribution in [0.4, 0.5) is 22.2 Å². The maximum Gasteiger partial charge on any atom is 0.321 e. The van der Waals surface area contributed by atoms with E-state index in [1.54, 1.807) is 0 Å². The maximum atomic E-state index is 13.1. The highest BCUT2D eigenvalue weighted by Crippen LogP contribution is 2.38. The highest BCUT2D eigenvalue weighted by atomic mass is 16.5. The van der Waals surface area contributed by atoms with Gasteiger partial charge in [-0.15, -0.1) is 0 Å². The molecule has 3 heterocycles. The number of anilines is 3. The first-order chi connectivity index (χ1) is 18.9. The summed E-state index contributed by atoms with van der Waals surface area (Å²) in [5.41, 5.74) is 5.84. The molecular formula is C31H38N6O2. The van der Waals surface area contributed by atoms with Crippen LogP contribution in [-0.2, 0) is 17.6 Å². The molecular weight excluding hydrogens is 488 g/mol. The van der Waals surface area contributed by atoms with Crippen LogP contribution in [0.2, 0.25) is 0 Å². The highest BCUT2D eigenvalue weighted by Gasteiger charge is 2.33. The van der Waals surface area contributed by atoms with E-state index >= 15 is 0 Å². The molecule has 0 bridgehead atoms. The summed E-state index contributed by atoms with van der Waals surface area (Å²) in [4.78, 5) is 29.8. The van der Waals surface area contributed by atoms with Crippen LogP contribution >= 0.6 is 0 Å². The number of carbonyl (C=O) groups excluding carboxylic acids is 1. The Kier molecular flexibility index (Phi) is 7.12. The van der Waals surface area contributed by atoms with Gasteiger partial charge in [-0.2, -0.15) is 4.98 Å². The van der Waals surface area contributed by atoms with Gasteiger partial charge in [-0.25, -0.2) is 9.78 Å². The van der Waals surface area contributed by atoms with Gasteiger partial charge in [-0.3, -0.25) is 0 Å². The minimum absolute atomic E-state index is 0.0532. The molecule has 0 atom stereocenters. The summed E-state index contributed by atoms with van der Waals surface area (Å²) < 4.78 is 5.57. The van der Waals surface area contributed by atoms with Crippen molar-refractivity contribution in [2.45, 2.75) is 33.1 Å². The predicted molar refractivity (Wildman–Crippen MR) is 156 cm³/mol. The predicted octanol–water partition coefficient (Wildman–Crippen LogP) is 4.85. The molecule has 2 fully saturated rings. The molecule has 0 unspecified atom stereocenters. The number of benzene rings is 2. The van der Waals surface area contributed by atoms with Crippen molar-refractivity contribution >= 4 is 23.5 Å². The second-order valence-electron chi connectivity index (χ2n) is 11.6. The molecule has 0 spiro atoms. The van der Waals surface area contributed by atoms with Gasteiger partial charge in [0.25, 0.3) is 0 Å². The molecule has 8 heteroatoms. The summed E-state index contributed by atoms with van der Waals surface area (Å²) in [6, 6.07) is 18.3. The molecule has 204 valence electrons. The summed E-state index contributed by atoms with van der Waals surface area (Å²) in [5, 5.41) is 3.08. The Bertz CT molecular complexity index is 1300. The summed E-state index contributed by atoms with van der Waals surface area (Å²) in [6.07, 6.45) is 3.11. The average Bonchev–Trinajstić information content (AvgIpc) is 2.97. The van der Waals surface area contributed by atoms with Crippen molar-refractivity contribution in [3.05, 3.63) is 65.9 Å². The third-order valence-electron chi connectivity index (χ3n) is 8.16. The Balaban J connectivity index is 1.13. The molecule has 8 nitrogen and oxygen atoms in total. The number of hydrogen-bond acceptors (Lipinski definition) is 6. The lowest BCUT2D eigenvalue weighted by molar-refractivity contribution is 0.122. The Morgan fingerprint density at radius 1 is 0.846 bits per heavy atom. The average molecular weight is 527 g/mol. The standard InChI is InChI=1S/C31H38N6O2/c1-31(2)13-12-26-27(22-31)33-29(36-18-20-39-21-19-36)34-28(26)35-14-16-37(17-15-35)30(38)32-25-10-8-24(9-11-25)23-6-4-3-5-7-23/h3-11H,12-22H2,1-2H3,(H,32,38). The van der Waals surface area contributed by atoms with Crippen molar-refractivity contribution in [2.75, 3.05) is 67.6 Å². The lowest BCUT2D eigenvalue weighted by Crippen LogP contribution is -2.51. The number of rotatable bonds is 4. The minimum Gasteiger partial charge on any atom is -0.378 e. The highest BCUT2D eigenvalue weighted by molar-refractivity contribution is 5.90. The zero-order chi connectivity index (χ0) is 26.8. The van der Waals surface area contributed by atoms with Crippen LogP contribution in [0.5, 0.6) is 0 Å². The number of hydrogen-bond donors (Lipinski definition) is 1. The number of amides is 2. The van der Waals surface area contributed by atoms with Gasteiger partial charge >= 0.3 is 6.03 Å². The summed E-state index contributed by atoms with van der Waals surface area (Å²) in [5.74, 6) is 1.89. The topological polar surface area (TPSA) is 73.8 Å². The van der Waals surface area contributed by atoms with E-state index in [2.05, 4.69) is 53.2 Å². The zero-order valence-electron chi connectivity index (χ0n) is 23.0. The van der Waals surface area contributed by atoms with Gasteiger partial charge in [0.15, 0.2) is 0 Å². The molecule has 2 aromatic carbocycles. The molecule has 1 N–H and O–H groups in total. The third-order valence-corrected chi connectivity index (χ3v) is 8.16. The van der Waals surface area contributed by atoms with Gasteiger partial charge < -0.3 is 24.8 Å². The number of piperazine rings is 1. The van der Waals surface area contributed by atoms with Gasteiger partial charge in [-0.1, -0.05) is 56.3 Å². The quantitative estimate of drug-likeness (QED) is 0.524. The van der Waals surface area contributed by atoms with Crippen molar-refractivity contribution in [3.8, 4) is 11.1 Å². The third kappa shape index (κ3) is 5.71. The van der Waals surface area contributed by atoms with Crippen molar-refractivity contribution in [1.29, 1.82) is 0 Å². The molecule has 2 aliphatic heterocycles. The van der Waals surface area contributed by atoms with Gasteiger partial charge in [0, 0.05) is 50.5 Å². The molecule has 0 radical (unpaired) electrons. The molecule has 2 amide bonds. The van der Waals surface area contributed by atoms with E-state index in [9.17, 15) is 4.79 Å². The number of ether oxygens (including phenoxy) is 1.